The molecule has 7 heteroatoms. The van der Waals surface area contributed by atoms with Crippen molar-refractivity contribution < 1.29 is 18.0 Å². The molecule has 0 aliphatic heterocycles. The lowest BCUT2D eigenvalue weighted by Gasteiger charge is -2.20. The van der Waals surface area contributed by atoms with Gasteiger partial charge in [-0.1, -0.05) is 25.5 Å². The first-order chi connectivity index (χ1) is 13.3. The van der Waals surface area contributed by atoms with E-state index in [2.05, 4.69) is 11.6 Å². The molecule has 0 heterocycles. The molecule has 28 heavy (non-hydrogen) atoms. The number of sulfonamides is 1. The van der Waals surface area contributed by atoms with Crippen LogP contribution in [0.15, 0.2) is 53.4 Å². The van der Waals surface area contributed by atoms with Crippen LogP contribution < -0.4 is 4.72 Å². The van der Waals surface area contributed by atoms with Crippen LogP contribution in [0.25, 0.3) is 0 Å². The molecule has 0 unspecified atom stereocenters. The van der Waals surface area contributed by atoms with Crippen LogP contribution in [0.3, 0.4) is 0 Å². The topological polar surface area (TPSA) is 83.6 Å². The Hall–Kier alpha value is -2.67. The summed E-state index contributed by atoms with van der Waals surface area (Å²) in [7, 11) is -3.78. The molecule has 2 aromatic rings. The van der Waals surface area contributed by atoms with E-state index in [0.29, 0.717) is 29.9 Å². The second kappa shape index (κ2) is 9.50. The average Bonchev–Trinajstić information content (AvgIpc) is 2.68. The van der Waals surface area contributed by atoms with Crippen molar-refractivity contribution in [1.82, 2.24) is 4.90 Å². The van der Waals surface area contributed by atoms with Crippen molar-refractivity contribution in [2.24, 2.45) is 0 Å². The van der Waals surface area contributed by atoms with E-state index in [-0.39, 0.29) is 16.6 Å². The molecule has 2 rings (SSSR count). The Kier molecular flexibility index (Phi) is 7.34. The Labute approximate surface area is 166 Å². The average molecular weight is 403 g/mol. The van der Waals surface area contributed by atoms with E-state index in [1.54, 1.807) is 29.2 Å². The van der Waals surface area contributed by atoms with E-state index in [9.17, 15) is 18.0 Å². The second-order valence-electron chi connectivity index (χ2n) is 6.50. The molecule has 1 N–H and O–H groups in total. The molecule has 0 bridgehead atoms. The number of rotatable bonds is 9. The van der Waals surface area contributed by atoms with Crippen LogP contribution in [0.2, 0.25) is 0 Å². The summed E-state index contributed by atoms with van der Waals surface area (Å²) in [6.07, 6.45) is 1.96. The highest BCUT2D eigenvalue weighted by Gasteiger charge is 2.16. The highest BCUT2D eigenvalue weighted by atomic mass is 32.2. The summed E-state index contributed by atoms with van der Waals surface area (Å²) in [5, 5.41) is 0. The first-order valence-electron chi connectivity index (χ1n) is 9.31. The molecule has 0 aromatic heterocycles. The summed E-state index contributed by atoms with van der Waals surface area (Å²) in [6.45, 7) is 6.77. The molecule has 0 spiro atoms. The summed E-state index contributed by atoms with van der Waals surface area (Å²) < 4.78 is 27.5. The monoisotopic (exact) mass is 402 g/mol. The molecular weight excluding hydrogens is 376 g/mol. The van der Waals surface area contributed by atoms with Crippen LogP contribution in [0.4, 0.5) is 5.69 Å². The lowest BCUT2D eigenvalue weighted by atomic mass is 10.1. The van der Waals surface area contributed by atoms with E-state index in [1.165, 1.54) is 31.2 Å². The van der Waals surface area contributed by atoms with Gasteiger partial charge in [-0.2, -0.15) is 0 Å². The Balaban J connectivity index is 2.12. The number of nitrogens with zero attached hydrogens (tertiary/aromatic N) is 1. The molecular formula is C21H26N2O4S. The maximum atomic E-state index is 12.5. The van der Waals surface area contributed by atoms with Gasteiger partial charge in [-0.05, 0) is 56.7 Å². The molecule has 1 amide bonds. The fraction of sp³-hybridized carbons (Fsp3) is 0.333. The van der Waals surface area contributed by atoms with Gasteiger partial charge < -0.3 is 4.90 Å². The molecule has 0 radical (unpaired) electrons. The van der Waals surface area contributed by atoms with E-state index in [0.717, 1.165) is 12.8 Å². The van der Waals surface area contributed by atoms with Crippen molar-refractivity contribution in [3.63, 3.8) is 0 Å². The summed E-state index contributed by atoms with van der Waals surface area (Å²) in [5.41, 5.74) is 1.33. The predicted molar refractivity (Wildman–Crippen MR) is 110 cm³/mol. The van der Waals surface area contributed by atoms with Crippen LogP contribution >= 0.6 is 0 Å². The normalized spacial score (nSPS) is 11.1. The summed E-state index contributed by atoms with van der Waals surface area (Å²) >= 11 is 0. The minimum atomic E-state index is -3.78. The lowest BCUT2D eigenvalue weighted by Crippen LogP contribution is -2.31. The van der Waals surface area contributed by atoms with Gasteiger partial charge >= 0.3 is 0 Å². The number of amides is 1. The molecule has 0 aliphatic carbocycles. The van der Waals surface area contributed by atoms with E-state index in [4.69, 9.17) is 0 Å². The van der Waals surface area contributed by atoms with Crippen molar-refractivity contribution in [2.45, 2.75) is 38.5 Å². The third-order valence-corrected chi connectivity index (χ3v) is 5.80. The van der Waals surface area contributed by atoms with Crippen molar-refractivity contribution in [3.05, 3.63) is 59.7 Å². The van der Waals surface area contributed by atoms with Crippen molar-refractivity contribution in [1.29, 1.82) is 0 Å². The standard InChI is InChI=1S/C21H26N2O4S/c1-4-6-15-23(5-2)21(25)18-7-11-19(12-8-18)22-28(26,27)20-13-9-17(10-14-20)16(3)24/h7-14,22H,4-6,15H2,1-3H3. The molecule has 0 fully saturated rings. The highest BCUT2D eigenvalue weighted by Crippen LogP contribution is 2.18. The third-order valence-electron chi connectivity index (χ3n) is 4.41. The van der Waals surface area contributed by atoms with Gasteiger partial charge in [0.25, 0.3) is 15.9 Å². The SMILES string of the molecule is CCCCN(CC)C(=O)c1ccc(NS(=O)(=O)c2ccc(C(C)=O)cc2)cc1. The number of carbonyl (C=O) groups excluding carboxylic acids is 2. The number of hydrogen-bond acceptors (Lipinski definition) is 4. The molecule has 0 saturated heterocycles. The number of ketones is 1. The number of Topliss-reactive ketones (excluding diaryl/α,β-unsaturated/α-hetero) is 1. The maximum Gasteiger partial charge on any atom is 0.261 e. The second-order valence-corrected chi connectivity index (χ2v) is 8.18. The molecule has 6 nitrogen and oxygen atoms in total. The number of benzene rings is 2. The molecule has 150 valence electrons. The van der Waals surface area contributed by atoms with Crippen LogP contribution in [0, 0.1) is 0 Å². The van der Waals surface area contributed by atoms with Gasteiger partial charge in [0, 0.05) is 29.9 Å². The molecule has 0 aliphatic rings. The number of carbonyl (C=O) groups is 2. The fourth-order valence-corrected chi connectivity index (χ4v) is 3.76. The van der Waals surface area contributed by atoms with Gasteiger partial charge in [0.15, 0.2) is 5.78 Å². The van der Waals surface area contributed by atoms with Gasteiger partial charge in [0.2, 0.25) is 0 Å². The zero-order valence-electron chi connectivity index (χ0n) is 16.4. The minimum Gasteiger partial charge on any atom is -0.339 e. The Morgan fingerprint density at radius 2 is 1.50 bits per heavy atom. The summed E-state index contributed by atoms with van der Waals surface area (Å²) in [5.74, 6) is -0.192. The zero-order chi connectivity index (χ0) is 20.7. The van der Waals surface area contributed by atoms with Crippen LogP contribution in [0.1, 0.15) is 54.3 Å². The first kappa shape index (κ1) is 21.6. The number of nitrogens with one attached hydrogen (secondary N) is 1. The molecule has 2 aromatic carbocycles. The number of anilines is 1. The maximum absolute atomic E-state index is 12.5. The van der Waals surface area contributed by atoms with Crippen molar-refractivity contribution in [3.8, 4) is 0 Å². The Bertz CT molecular complexity index is 920. The van der Waals surface area contributed by atoms with Gasteiger partial charge in [-0.3, -0.25) is 14.3 Å². The van der Waals surface area contributed by atoms with Gasteiger partial charge in [0.05, 0.1) is 4.90 Å². The number of hydrogen-bond donors (Lipinski definition) is 1. The first-order valence-corrected chi connectivity index (χ1v) is 10.8. The van der Waals surface area contributed by atoms with Crippen LogP contribution in [-0.4, -0.2) is 38.1 Å². The lowest BCUT2D eigenvalue weighted by molar-refractivity contribution is 0.0762. The minimum absolute atomic E-state index is 0.0642. The quantitative estimate of drug-likeness (QED) is 0.644. The van der Waals surface area contributed by atoms with Crippen LogP contribution in [-0.2, 0) is 10.0 Å². The Morgan fingerprint density at radius 1 is 0.929 bits per heavy atom. The fourth-order valence-electron chi connectivity index (χ4n) is 2.70. The zero-order valence-corrected chi connectivity index (χ0v) is 17.3. The highest BCUT2D eigenvalue weighted by molar-refractivity contribution is 7.92. The third kappa shape index (κ3) is 5.42. The molecule has 0 saturated carbocycles. The largest absolute Gasteiger partial charge is 0.339 e. The number of unbranched alkanes of at least 4 members (excludes halogenated alkanes) is 1. The van der Waals surface area contributed by atoms with E-state index >= 15 is 0 Å². The molecule has 0 atom stereocenters. The summed E-state index contributed by atoms with van der Waals surface area (Å²) in [4.78, 5) is 25.7. The van der Waals surface area contributed by atoms with Crippen molar-refractivity contribution >= 4 is 27.4 Å². The summed E-state index contributed by atoms with van der Waals surface area (Å²) in [6, 6.07) is 12.1. The van der Waals surface area contributed by atoms with E-state index < -0.39 is 10.0 Å². The predicted octanol–water partition coefficient (Wildman–Crippen LogP) is 3.95. The van der Waals surface area contributed by atoms with Gasteiger partial charge in [-0.25, -0.2) is 8.42 Å². The van der Waals surface area contributed by atoms with Gasteiger partial charge in [0.1, 0.15) is 0 Å². The van der Waals surface area contributed by atoms with Crippen molar-refractivity contribution in [2.75, 3.05) is 17.8 Å². The smallest absolute Gasteiger partial charge is 0.261 e. The van der Waals surface area contributed by atoms with Crippen LogP contribution in [0.5, 0.6) is 0 Å². The van der Waals surface area contributed by atoms with E-state index in [1.807, 2.05) is 6.92 Å². The Morgan fingerprint density at radius 3 is 2.00 bits per heavy atom. The van der Waals surface area contributed by atoms with Gasteiger partial charge in [-0.15, -0.1) is 0 Å².